The van der Waals surface area contributed by atoms with Crippen LogP contribution in [0, 0.1) is 5.41 Å². The van der Waals surface area contributed by atoms with Crippen molar-refractivity contribution in [3.8, 4) is 0 Å². The van der Waals surface area contributed by atoms with E-state index in [1.807, 2.05) is 41.3 Å². The van der Waals surface area contributed by atoms with Crippen LogP contribution in [-0.2, 0) is 4.57 Å². The van der Waals surface area contributed by atoms with E-state index in [0.717, 1.165) is 36.1 Å². The van der Waals surface area contributed by atoms with Crippen LogP contribution < -0.4 is 20.4 Å². The number of piperidine rings is 2. The van der Waals surface area contributed by atoms with Crippen molar-refractivity contribution < 1.29 is 18.1 Å². The number of aromatic nitrogens is 1. The van der Waals surface area contributed by atoms with Gasteiger partial charge in [0.15, 0.2) is 0 Å². The zero-order valence-electron chi connectivity index (χ0n) is 22.9. The smallest absolute Gasteiger partial charge is 0.257 e. The Bertz CT molecular complexity index is 1520. The lowest BCUT2D eigenvalue weighted by Gasteiger charge is -2.35. The van der Waals surface area contributed by atoms with E-state index in [9.17, 15) is 18.1 Å². The van der Waals surface area contributed by atoms with Gasteiger partial charge in [0.25, 0.3) is 11.8 Å². The fourth-order valence-corrected chi connectivity index (χ4v) is 7.09. The summed E-state index contributed by atoms with van der Waals surface area (Å²) in [5, 5.41) is 4.43. The van der Waals surface area contributed by atoms with E-state index in [1.165, 1.54) is 12.8 Å². The van der Waals surface area contributed by atoms with Gasteiger partial charge in [0.05, 0.1) is 22.5 Å². The number of hydrogen-bond donors (Lipinski definition) is 1. The Morgan fingerprint density at radius 2 is 1.57 bits per heavy atom. The molecule has 0 unspecified atom stereocenters. The first kappa shape index (κ1) is 27.6. The molecule has 0 atom stereocenters. The number of anilines is 3. The van der Waals surface area contributed by atoms with Crippen molar-refractivity contribution in [1.82, 2.24) is 4.98 Å². The normalized spacial score (nSPS) is 20.1. The average molecular weight is 632 g/mol. The number of rotatable bonds is 5. The summed E-state index contributed by atoms with van der Waals surface area (Å²) < 4.78 is 41.6. The molecule has 2 saturated heterocycles. The van der Waals surface area contributed by atoms with Crippen molar-refractivity contribution in [2.75, 3.05) is 54.6 Å². The number of nitrogens with zero attached hydrogens (tertiary/aromatic N) is 3. The number of benzene rings is 2. The first-order valence-electron chi connectivity index (χ1n) is 13.9. The summed E-state index contributed by atoms with van der Waals surface area (Å²) in [7, 11) is -2.58. The molecule has 1 amide bonds. The second-order valence-corrected chi connectivity index (χ2v) is 16.2. The summed E-state index contributed by atoms with van der Waals surface area (Å²) >= 11 is 3.58. The highest BCUT2D eigenvalue weighted by molar-refractivity contribution is 9.10. The number of pyridine rings is 1. The number of nitrogens with one attached hydrogen (secondary N) is 1. The number of carbonyl (C=O) groups is 1. The second-order valence-electron chi connectivity index (χ2n) is 12.1. The number of alkyl halides is 2. The van der Waals surface area contributed by atoms with Gasteiger partial charge in [-0.05, 0) is 80.8 Å². The maximum atomic E-state index is 14.0. The zero-order valence-corrected chi connectivity index (χ0v) is 25.3. The van der Waals surface area contributed by atoms with E-state index in [0.29, 0.717) is 38.6 Å². The van der Waals surface area contributed by atoms with Gasteiger partial charge in [0.2, 0.25) is 0 Å². The molecular formula is C30H34BrF2N4O2P. The van der Waals surface area contributed by atoms with Gasteiger partial charge in [-0.2, -0.15) is 0 Å². The van der Waals surface area contributed by atoms with Crippen molar-refractivity contribution in [3.05, 3.63) is 52.6 Å². The highest BCUT2D eigenvalue weighted by atomic mass is 79.9. The molecule has 1 aliphatic carbocycles. The molecule has 0 bridgehead atoms. The minimum atomic E-state index is -2.68. The van der Waals surface area contributed by atoms with E-state index in [2.05, 4.69) is 31.1 Å². The monoisotopic (exact) mass is 630 g/mol. The molecule has 1 N–H and O–H groups in total. The largest absolute Gasteiger partial charge is 0.371 e. The van der Waals surface area contributed by atoms with Gasteiger partial charge in [-0.25, -0.2) is 8.78 Å². The number of halogens is 3. The lowest BCUT2D eigenvalue weighted by atomic mass is 9.93. The van der Waals surface area contributed by atoms with Crippen LogP contribution >= 0.6 is 23.1 Å². The quantitative estimate of drug-likeness (QED) is 0.304. The van der Waals surface area contributed by atoms with Gasteiger partial charge < -0.3 is 19.7 Å². The summed E-state index contributed by atoms with van der Waals surface area (Å²) in [6.45, 7) is 5.62. The molecule has 3 aliphatic rings. The fraction of sp³-hybridized carbons (Fsp3) is 0.467. The van der Waals surface area contributed by atoms with Gasteiger partial charge in [0, 0.05) is 66.1 Å². The third kappa shape index (κ3) is 5.64. The molecule has 3 fully saturated rings. The van der Waals surface area contributed by atoms with E-state index >= 15 is 0 Å². The van der Waals surface area contributed by atoms with E-state index in [1.54, 1.807) is 19.5 Å². The summed E-state index contributed by atoms with van der Waals surface area (Å²) in [5.74, 6) is -2.91. The number of fused-ring (bicyclic) bond motifs is 1. The van der Waals surface area contributed by atoms with Crippen LogP contribution in [0.15, 0.2) is 47.1 Å². The van der Waals surface area contributed by atoms with Crippen LogP contribution in [0.1, 0.15) is 48.9 Å². The summed E-state index contributed by atoms with van der Waals surface area (Å²) in [5.41, 5.74) is 3.91. The molecule has 0 radical (unpaired) electrons. The van der Waals surface area contributed by atoms with Crippen molar-refractivity contribution in [3.63, 3.8) is 0 Å². The molecule has 6 nitrogen and oxygen atoms in total. The van der Waals surface area contributed by atoms with Gasteiger partial charge in [0.1, 0.15) is 7.14 Å². The van der Waals surface area contributed by atoms with Crippen LogP contribution in [-0.4, -0.2) is 56.3 Å². The molecule has 212 valence electrons. The highest BCUT2D eigenvalue weighted by Crippen LogP contribution is 2.54. The predicted octanol–water partition coefficient (Wildman–Crippen LogP) is 7.11. The Morgan fingerprint density at radius 3 is 2.23 bits per heavy atom. The first-order chi connectivity index (χ1) is 18.9. The molecule has 40 heavy (non-hydrogen) atoms. The second kappa shape index (κ2) is 10.1. The Kier molecular flexibility index (Phi) is 6.97. The van der Waals surface area contributed by atoms with Gasteiger partial charge in [-0.3, -0.25) is 9.78 Å². The molecule has 2 aliphatic heterocycles. The Morgan fingerprint density at radius 1 is 0.925 bits per heavy atom. The first-order valence-corrected chi connectivity index (χ1v) is 17.3. The number of hydrogen-bond acceptors (Lipinski definition) is 5. The fourth-order valence-electron chi connectivity index (χ4n) is 5.96. The molecule has 3 heterocycles. The molecular weight excluding hydrogens is 597 g/mol. The Hall–Kier alpha value is -2.51. The summed E-state index contributed by atoms with van der Waals surface area (Å²) in [4.78, 5) is 22.6. The Labute approximate surface area is 242 Å². The SMILES string of the molecule is CP(C)(=O)c1cnc2c(N3CCC(F)(F)CC3)cc(NC(=O)c3ccc(Br)cc3N3CCC4(CC3)CC4)cc2c1. The lowest BCUT2D eigenvalue weighted by Crippen LogP contribution is -2.39. The summed E-state index contributed by atoms with van der Waals surface area (Å²) in [6.07, 6.45) is 6.07. The lowest BCUT2D eigenvalue weighted by molar-refractivity contribution is -0.0220. The molecule has 2 aromatic carbocycles. The summed E-state index contributed by atoms with van der Waals surface area (Å²) in [6, 6.07) is 11.2. The van der Waals surface area contributed by atoms with Crippen LogP contribution in [0.25, 0.3) is 10.9 Å². The Balaban J connectivity index is 1.34. The molecule has 10 heteroatoms. The average Bonchev–Trinajstić information content (AvgIpc) is 3.66. The van der Waals surface area contributed by atoms with Crippen LogP contribution in [0.3, 0.4) is 0 Å². The predicted molar refractivity (Wildman–Crippen MR) is 162 cm³/mol. The van der Waals surface area contributed by atoms with Crippen LogP contribution in [0.4, 0.5) is 25.8 Å². The van der Waals surface area contributed by atoms with Crippen LogP contribution in [0.2, 0.25) is 0 Å². The van der Waals surface area contributed by atoms with Crippen molar-refractivity contribution >= 4 is 62.2 Å². The number of amides is 1. The van der Waals surface area contributed by atoms with Crippen molar-refractivity contribution in [2.24, 2.45) is 5.41 Å². The maximum absolute atomic E-state index is 14.0. The van der Waals surface area contributed by atoms with Crippen molar-refractivity contribution in [1.29, 1.82) is 0 Å². The van der Waals surface area contributed by atoms with E-state index in [4.69, 9.17) is 0 Å². The number of carbonyl (C=O) groups excluding carboxylic acids is 1. The third-order valence-electron chi connectivity index (χ3n) is 8.79. The topological polar surface area (TPSA) is 65.5 Å². The zero-order chi connectivity index (χ0) is 28.3. The van der Waals surface area contributed by atoms with Crippen LogP contribution in [0.5, 0.6) is 0 Å². The molecule has 1 spiro atoms. The molecule has 1 aromatic heterocycles. The third-order valence-corrected chi connectivity index (χ3v) is 10.8. The molecule has 3 aromatic rings. The molecule has 6 rings (SSSR count). The minimum Gasteiger partial charge on any atom is -0.371 e. The molecule has 1 saturated carbocycles. The highest BCUT2D eigenvalue weighted by Gasteiger charge is 2.44. The van der Waals surface area contributed by atoms with Gasteiger partial charge in [-0.1, -0.05) is 15.9 Å². The maximum Gasteiger partial charge on any atom is 0.257 e. The standard InChI is InChI=1S/C30H34BrF2N4O2P/c1-40(2,39)23-16-20-15-22(18-26(27(20)34-19-23)37-13-9-30(32,33)10-14-37)35-28(38)24-4-3-21(31)17-25(24)36-11-7-29(5-6-29)8-12-36/h3-4,15-19H,5-14H2,1-2H3,(H,35,38). The minimum absolute atomic E-state index is 0.191. The van der Waals surface area contributed by atoms with E-state index in [-0.39, 0.29) is 31.8 Å². The van der Waals surface area contributed by atoms with Gasteiger partial charge >= 0.3 is 0 Å². The van der Waals surface area contributed by atoms with E-state index < -0.39 is 13.1 Å². The van der Waals surface area contributed by atoms with Gasteiger partial charge in [-0.15, -0.1) is 0 Å². The van der Waals surface area contributed by atoms with Crippen molar-refractivity contribution in [2.45, 2.75) is 44.4 Å².